The highest BCUT2D eigenvalue weighted by Gasteiger charge is 2.01. The van der Waals surface area contributed by atoms with E-state index >= 15 is 0 Å². The van der Waals surface area contributed by atoms with E-state index in [-0.39, 0.29) is 5.82 Å². The van der Waals surface area contributed by atoms with E-state index in [2.05, 4.69) is 23.5 Å². The fourth-order valence-corrected chi connectivity index (χ4v) is 1.67. The van der Waals surface area contributed by atoms with Crippen LogP contribution in [0.2, 0.25) is 0 Å². The fraction of sp³-hybridized carbons (Fsp3) is 0.500. The second-order valence-corrected chi connectivity index (χ2v) is 4.17. The van der Waals surface area contributed by atoms with E-state index in [1.807, 2.05) is 11.8 Å². The molecule has 0 saturated carbocycles. The number of rotatable bonds is 5. The summed E-state index contributed by atoms with van der Waals surface area (Å²) >= 11 is 1.82. The SMILES string of the molecule is CSCCC(C)Nc1ccc(F)cn1. The van der Waals surface area contributed by atoms with Crippen LogP contribution in [0.15, 0.2) is 18.3 Å². The van der Waals surface area contributed by atoms with Gasteiger partial charge in [-0.1, -0.05) is 0 Å². The Labute approximate surface area is 88.3 Å². The molecular weight excluding hydrogens is 199 g/mol. The van der Waals surface area contributed by atoms with Crippen molar-refractivity contribution in [3.63, 3.8) is 0 Å². The molecule has 0 amide bonds. The molecule has 0 radical (unpaired) electrons. The van der Waals surface area contributed by atoms with Gasteiger partial charge in [-0.15, -0.1) is 0 Å². The summed E-state index contributed by atoms with van der Waals surface area (Å²) in [6, 6.07) is 3.45. The second kappa shape index (κ2) is 5.86. The van der Waals surface area contributed by atoms with Gasteiger partial charge < -0.3 is 5.32 Å². The monoisotopic (exact) mass is 214 g/mol. The summed E-state index contributed by atoms with van der Waals surface area (Å²) in [5.41, 5.74) is 0. The van der Waals surface area contributed by atoms with Gasteiger partial charge in [0.2, 0.25) is 0 Å². The van der Waals surface area contributed by atoms with Crippen LogP contribution in [0.3, 0.4) is 0 Å². The summed E-state index contributed by atoms with van der Waals surface area (Å²) < 4.78 is 12.5. The molecule has 1 unspecified atom stereocenters. The molecule has 0 aliphatic heterocycles. The molecule has 1 heterocycles. The van der Waals surface area contributed by atoms with Crippen molar-refractivity contribution in [2.24, 2.45) is 0 Å². The lowest BCUT2D eigenvalue weighted by Gasteiger charge is -2.13. The van der Waals surface area contributed by atoms with Crippen molar-refractivity contribution in [1.82, 2.24) is 4.98 Å². The molecule has 1 aromatic heterocycles. The molecule has 78 valence electrons. The minimum atomic E-state index is -0.299. The Balaban J connectivity index is 2.39. The van der Waals surface area contributed by atoms with E-state index < -0.39 is 0 Å². The third kappa shape index (κ3) is 3.96. The van der Waals surface area contributed by atoms with E-state index in [9.17, 15) is 4.39 Å². The van der Waals surface area contributed by atoms with Crippen molar-refractivity contribution in [1.29, 1.82) is 0 Å². The van der Waals surface area contributed by atoms with Crippen LogP contribution >= 0.6 is 11.8 Å². The van der Waals surface area contributed by atoms with Gasteiger partial charge in [-0.2, -0.15) is 11.8 Å². The van der Waals surface area contributed by atoms with Gasteiger partial charge in [-0.3, -0.25) is 0 Å². The molecule has 0 aliphatic carbocycles. The van der Waals surface area contributed by atoms with Crippen molar-refractivity contribution >= 4 is 17.6 Å². The molecule has 14 heavy (non-hydrogen) atoms. The molecular formula is C10H15FN2S. The average molecular weight is 214 g/mol. The van der Waals surface area contributed by atoms with Crippen LogP contribution in [-0.2, 0) is 0 Å². The van der Waals surface area contributed by atoms with Crippen LogP contribution in [0.1, 0.15) is 13.3 Å². The minimum Gasteiger partial charge on any atom is -0.368 e. The number of nitrogens with one attached hydrogen (secondary N) is 1. The maximum absolute atomic E-state index is 12.5. The third-order valence-electron chi connectivity index (χ3n) is 1.88. The Bertz CT molecular complexity index is 263. The third-order valence-corrected chi connectivity index (χ3v) is 2.52. The molecule has 0 fully saturated rings. The van der Waals surface area contributed by atoms with Crippen molar-refractivity contribution in [2.45, 2.75) is 19.4 Å². The maximum atomic E-state index is 12.5. The van der Waals surface area contributed by atoms with E-state index in [0.717, 1.165) is 18.0 Å². The van der Waals surface area contributed by atoms with Crippen LogP contribution < -0.4 is 5.32 Å². The lowest BCUT2D eigenvalue weighted by molar-refractivity contribution is 0.621. The topological polar surface area (TPSA) is 24.9 Å². The minimum absolute atomic E-state index is 0.299. The fourth-order valence-electron chi connectivity index (χ4n) is 1.08. The Hall–Kier alpha value is -0.770. The predicted molar refractivity (Wildman–Crippen MR) is 60.3 cm³/mol. The zero-order valence-corrected chi connectivity index (χ0v) is 9.27. The largest absolute Gasteiger partial charge is 0.368 e. The number of halogens is 1. The number of aromatic nitrogens is 1. The Kier molecular flexibility index (Phi) is 4.73. The van der Waals surface area contributed by atoms with Gasteiger partial charge in [0.15, 0.2) is 0 Å². The quantitative estimate of drug-likeness (QED) is 0.815. The van der Waals surface area contributed by atoms with Crippen molar-refractivity contribution in [3.8, 4) is 0 Å². The smallest absolute Gasteiger partial charge is 0.141 e. The first-order valence-corrected chi connectivity index (χ1v) is 5.99. The molecule has 0 aliphatic rings. The first-order valence-electron chi connectivity index (χ1n) is 4.59. The summed E-state index contributed by atoms with van der Waals surface area (Å²) in [6.07, 6.45) is 4.40. The number of nitrogens with zero attached hydrogens (tertiary/aromatic N) is 1. The van der Waals surface area contributed by atoms with E-state index in [4.69, 9.17) is 0 Å². The molecule has 1 aromatic rings. The maximum Gasteiger partial charge on any atom is 0.141 e. The van der Waals surface area contributed by atoms with Crippen LogP contribution in [-0.4, -0.2) is 23.0 Å². The van der Waals surface area contributed by atoms with Crippen molar-refractivity contribution in [2.75, 3.05) is 17.3 Å². The van der Waals surface area contributed by atoms with Gasteiger partial charge in [0.05, 0.1) is 6.20 Å². The summed E-state index contributed by atoms with van der Waals surface area (Å²) in [4.78, 5) is 3.93. The highest BCUT2D eigenvalue weighted by atomic mass is 32.2. The normalized spacial score (nSPS) is 12.5. The molecule has 4 heteroatoms. The van der Waals surface area contributed by atoms with Gasteiger partial charge >= 0.3 is 0 Å². The number of hydrogen-bond acceptors (Lipinski definition) is 3. The number of hydrogen-bond donors (Lipinski definition) is 1. The number of pyridine rings is 1. The second-order valence-electron chi connectivity index (χ2n) is 3.19. The lowest BCUT2D eigenvalue weighted by atomic mass is 10.2. The zero-order valence-electron chi connectivity index (χ0n) is 8.46. The van der Waals surface area contributed by atoms with E-state index in [0.29, 0.717) is 6.04 Å². The summed E-state index contributed by atoms with van der Waals surface area (Å²) in [7, 11) is 0. The Morgan fingerprint density at radius 3 is 2.93 bits per heavy atom. The molecule has 0 aromatic carbocycles. The highest BCUT2D eigenvalue weighted by Crippen LogP contribution is 2.08. The van der Waals surface area contributed by atoms with E-state index in [1.54, 1.807) is 6.07 Å². The number of thioether (sulfide) groups is 1. The van der Waals surface area contributed by atoms with Gasteiger partial charge in [0, 0.05) is 6.04 Å². The number of anilines is 1. The Morgan fingerprint density at radius 2 is 2.36 bits per heavy atom. The van der Waals surface area contributed by atoms with E-state index in [1.165, 1.54) is 12.3 Å². The van der Waals surface area contributed by atoms with Gasteiger partial charge in [0.1, 0.15) is 11.6 Å². The summed E-state index contributed by atoms with van der Waals surface area (Å²) in [5, 5.41) is 3.21. The van der Waals surface area contributed by atoms with Gasteiger partial charge in [-0.05, 0) is 37.5 Å². The van der Waals surface area contributed by atoms with Crippen LogP contribution in [0.5, 0.6) is 0 Å². The molecule has 2 nitrogen and oxygen atoms in total. The zero-order chi connectivity index (χ0) is 10.4. The van der Waals surface area contributed by atoms with Gasteiger partial charge in [0.25, 0.3) is 0 Å². The molecule has 1 atom stereocenters. The predicted octanol–water partition coefficient (Wildman–Crippen LogP) is 2.77. The summed E-state index contributed by atoms with van der Waals surface area (Å²) in [5.74, 6) is 1.56. The molecule has 1 N–H and O–H groups in total. The van der Waals surface area contributed by atoms with Crippen molar-refractivity contribution < 1.29 is 4.39 Å². The highest BCUT2D eigenvalue weighted by molar-refractivity contribution is 7.98. The molecule has 0 bridgehead atoms. The molecule has 1 rings (SSSR count). The average Bonchev–Trinajstić information content (AvgIpc) is 2.18. The van der Waals surface area contributed by atoms with Crippen LogP contribution in [0.4, 0.5) is 10.2 Å². The standard InChI is InChI=1S/C10H15FN2S/c1-8(5-6-14-2)13-10-4-3-9(11)7-12-10/h3-4,7-8H,5-6H2,1-2H3,(H,12,13). The van der Waals surface area contributed by atoms with Crippen LogP contribution in [0, 0.1) is 5.82 Å². The van der Waals surface area contributed by atoms with Crippen LogP contribution in [0.25, 0.3) is 0 Å². The van der Waals surface area contributed by atoms with Crippen molar-refractivity contribution in [3.05, 3.63) is 24.1 Å². The Morgan fingerprint density at radius 1 is 1.57 bits per heavy atom. The first-order chi connectivity index (χ1) is 6.72. The van der Waals surface area contributed by atoms with Gasteiger partial charge in [-0.25, -0.2) is 9.37 Å². The first kappa shape index (κ1) is 11.3. The molecule has 0 saturated heterocycles. The molecule has 0 spiro atoms. The lowest BCUT2D eigenvalue weighted by Crippen LogP contribution is -2.16. The summed E-state index contributed by atoms with van der Waals surface area (Å²) in [6.45, 7) is 2.10.